The summed E-state index contributed by atoms with van der Waals surface area (Å²) in [5.74, 6) is 0.517. The van der Waals surface area contributed by atoms with Crippen molar-refractivity contribution < 1.29 is 9.47 Å². The Morgan fingerprint density at radius 2 is 1.09 bits per heavy atom. The van der Waals surface area contributed by atoms with Crippen molar-refractivity contribution in [3.05, 3.63) is 54.6 Å². The molecule has 0 N–H and O–H groups in total. The SMILES string of the molecule is COc1nc(OC)nc(-c2ccc(-c3ccccc3)cc2)n1. The number of benzene rings is 2. The van der Waals surface area contributed by atoms with Crippen LogP contribution in [-0.2, 0) is 0 Å². The van der Waals surface area contributed by atoms with Crippen LogP contribution in [0, 0.1) is 0 Å². The average molecular weight is 293 g/mol. The lowest BCUT2D eigenvalue weighted by atomic mass is 10.0. The van der Waals surface area contributed by atoms with Gasteiger partial charge in [-0.25, -0.2) is 0 Å². The van der Waals surface area contributed by atoms with E-state index in [0.29, 0.717) is 5.82 Å². The van der Waals surface area contributed by atoms with E-state index in [4.69, 9.17) is 9.47 Å². The summed E-state index contributed by atoms with van der Waals surface area (Å²) in [5.41, 5.74) is 3.18. The highest BCUT2D eigenvalue weighted by Crippen LogP contribution is 2.24. The Morgan fingerprint density at radius 1 is 0.591 bits per heavy atom. The molecule has 0 fully saturated rings. The van der Waals surface area contributed by atoms with Crippen LogP contribution in [0.2, 0.25) is 0 Å². The fraction of sp³-hybridized carbons (Fsp3) is 0.118. The van der Waals surface area contributed by atoms with Gasteiger partial charge in [-0.15, -0.1) is 4.98 Å². The van der Waals surface area contributed by atoms with Gasteiger partial charge in [0.15, 0.2) is 5.82 Å². The smallest absolute Gasteiger partial charge is 0.322 e. The Kier molecular flexibility index (Phi) is 3.96. The molecule has 3 rings (SSSR count). The molecule has 1 heterocycles. The van der Waals surface area contributed by atoms with Gasteiger partial charge >= 0.3 is 12.0 Å². The van der Waals surface area contributed by atoms with Crippen molar-refractivity contribution in [1.82, 2.24) is 15.0 Å². The zero-order valence-corrected chi connectivity index (χ0v) is 12.4. The molecule has 0 spiro atoms. The number of aromatic nitrogens is 3. The highest BCUT2D eigenvalue weighted by atomic mass is 16.5. The molecule has 0 aliphatic carbocycles. The second kappa shape index (κ2) is 6.22. The van der Waals surface area contributed by atoms with Gasteiger partial charge in [-0.2, -0.15) is 9.97 Å². The molecule has 0 atom stereocenters. The van der Waals surface area contributed by atoms with E-state index in [1.54, 1.807) is 0 Å². The van der Waals surface area contributed by atoms with Gasteiger partial charge in [0.1, 0.15) is 0 Å². The summed E-state index contributed by atoms with van der Waals surface area (Å²) in [6, 6.07) is 18.7. The van der Waals surface area contributed by atoms with Crippen LogP contribution in [0.4, 0.5) is 0 Å². The molecule has 0 aliphatic rings. The summed E-state index contributed by atoms with van der Waals surface area (Å²) in [6.45, 7) is 0. The summed E-state index contributed by atoms with van der Waals surface area (Å²) in [6.07, 6.45) is 0. The van der Waals surface area contributed by atoms with Crippen LogP contribution < -0.4 is 9.47 Å². The van der Waals surface area contributed by atoms with Gasteiger partial charge < -0.3 is 9.47 Å². The number of hydrogen-bond donors (Lipinski definition) is 0. The topological polar surface area (TPSA) is 57.1 Å². The zero-order chi connectivity index (χ0) is 15.4. The fourth-order valence-electron chi connectivity index (χ4n) is 2.09. The van der Waals surface area contributed by atoms with Crippen LogP contribution in [0.5, 0.6) is 12.0 Å². The molecule has 110 valence electrons. The van der Waals surface area contributed by atoms with Gasteiger partial charge in [0.05, 0.1) is 14.2 Å². The molecule has 0 saturated heterocycles. The lowest BCUT2D eigenvalue weighted by molar-refractivity contribution is 0.341. The zero-order valence-electron chi connectivity index (χ0n) is 12.4. The molecular formula is C17H15N3O2. The third-order valence-corrected chi connectivity index (χ3v) is 3.21. The summed E-state index contributed by atoms with van der Waals surface area (Å²) in [7, 11) is 3.02. The lowest BCUT2D eigenvalue weighted by Crippen LogP contribution is -2.00. The van der Waals surface area contributed by atoms with Crippen LogP contribution in [0.25, 0.3) is 22.5 Å². The van der Waals surface area contributed by atoms with E-state index >= 15 is 0 Å². The maximum atomic E-state index is 5.07. The summed E-state index contributed by atoms with van der Waals surface area (Å²) < 4.78 is 10.1. The molecule has 1 aromatic heterocycles. The predicted octanol–water partition coefficient (Wildman–Crippen LogP) is 3.22. The monoisotopic (exact) mass is 293 g/mol. The molecule has 0 unspecified atom stereocenters. The second-order valence-electron chi connectivity index (χ2n) is 4.58. The maximum Gasteiger partial charge on any atom is 0.322 e. The summed E-state index contributed by atoms with van der Waals surface area (Å²) in [5, 5.41) is 0. The standard InChI is InChI=1S/C17H15N3O2/c1-21-16-18-15(19-17(20-16)22-2)14-10-8-13(9-11-14)12-6-4-3-5-7-12/h3-11H,1-2H3. The van der Waals surface area contributed by atoms with Gasteiger partial charge in [0.2, 0.25) is 0 Å². The van der Waals surface area contributed by atoms with E-state index in [0.717, 1.165) is 11.1 Å². The normalized spacial score (nSPS) is 10.3. The summed E-state index contributed by atoms with van der Waals surface area (Å²) in [4.78, 5) is 12.5. The first-order valence-corrected chi connectivity index (χ1v) is 6.80. The van der Waals surface area contributed by atoms with Crippen LogP contribution >= 0.6 is 0 Å². The van der Waals surface area contributed by atoms with E-state index < -0.39 is 0 Å². The van der Waals surface area contributed by atoms with Crippen LogP contribution in [0.15, 0.2) is 54.6 Å². The molecule has 5 nitrogen and oxygen atoms in total. The molecule has 0 aliphatic heterocycles. The molecule has 22 heavy (non-hydrogen) atoms. The van der Waals surface area contributed by atoms with Crippen molar-refractivity contribution in [1.29, 1.82) is 0 Å². The third-order valence-electron chi connectivity index (χ3n) is 3.21. The van der Waals surface area contributed by atoms with Gasteiger partial charge in [-0.1, -0.05) is 54.6 Å². The highest BCUT2D eigenvalue weighted by molar-refractivity contribution is 5.67. The van der Waals surface area contributed by atoms with Crippen molar-refractivity contribution in [2.45, 2.75) is 0 Å². The van der Waals surface area contributed by atoms with E-state index in [1.165, 1.54) is 19.8 Å². The summed E-state index contributed by atoms with van der Waals surface area (Å²) >= 11 is 0. The molecule has 2 aromatic carbocycles. The first-order valence-electron chi connectivity index (χ1n) is 6.80. The molecular weight excluding hydrogens is 278 g/mol. The van der Waals surface area contributed by atoms with Gasteiger partial charge in [-0.05, 0) is 11.1 Å². The number of ether oxygens (including phenoxy) is 2. The second-order valence-corrected chi connectivity index (χ2v) is 4.58. The quantitative estimate of drug-likeness (QED) is 0.739. The van der Waals surface area contributed by atoms with E-state index in [1.807, 2.05) is 42.5 Å². The predicted molar refractivity (Wildman–Crippen MR) is 83.8 cm³/mol. The van der Waals surface area contributed by atoms with Crippen molar-refractivity contribution in [2.24, 2.45) is 0 Å². The Hall–Kier alpha value is -2.95. The van der Waals surface area contributed by atoms with Crippen molar-refractivity contribution in [3.8, 4) is 34.5 Å². The Balaban J connectivity index is 1.96. The van der Waals surface area contributed by atoms with E-state index in [9.17, 15) is 0 Å². The molecule has 0 saturated carbocycles. The van der Waals surface area contributed by atoms with Crippen molar-refractivity contribution in [2.75, 3.05) is 14.2 Å². The Morgan fingerprint density at radius 3 is 1.64 bits per heavy atom. The first-order chi connectivity index (χ1) is 10.8. The fourth-order valence-corrected chi connectivity index (χ4v) is 2.09. The Labute approximate surface area is 128 Å². The number of nitrogens with zero attached hydrogens (tertiary/aromatic N) is 3. The third kappa shape index (κ3) is 2.88. The number of rotatable bonds is 4. The number of methoxy groups -OCH3 is 2. The molecule has 3 aromatic rings. The molecule has 0 amide bonds. The minimum Gasteiger partial charge on any atom is -0.467 e. The minimum atomic E-state index is 0.231. The molecule has 0 bridgehead atoms. The van der Waals surface area contributed by atoms with Crippen molar-refractivity contribution in [3.63, 3.8) is 0 Å². The van der Waals surface area contributed by atoms with Crippen LogP contribution in [-0.4, -0.2) is 29.2 Å². The molecule has 0 radical (unpaired) electrons. The largest absolute Gasteiger partial charge is 0.467 e. The average Bonchev–Trinajstić information content (AvgIpc) is 2.62. The van der Waals surface area contributed by atoms with E-state index in [-0.39, 0.29) is 12.0 Å². The number of hydrogen-bond acceptors (Lipinski definition) is 5. The van der Waals surface area contributed by atoms with Gasteiger partial charge in [0.25, 0.3) is 0 Å². The highest BCUT2D eigenvalue weighted by Gasteiger charge is 2.09. The van der Waals surface area contributed by atoms with Gasteiger partial charge in [-0.3, -0.25) is 0 Å². The van der Waals surface area contributed by atoms with Crippen LogP contribution in [0.1, 0.15) is 0 Å². The minimum absolute atomic E-state index is 0.231. The van der Waals surface area contributed by atoms with Crippen LogP contribution in [0.3, 0.4) is 0 Å². The first kappa shape index (κ1) is 14.0. The lowest BCUT2D eigenvalue weighted by Gasteiger charge is -2.06. The van der Waals surface area contributed by atoms with Gasteiger partial charge in [0, 0.05) is 5.56 Å². The van der Waals surface area contributed by atoms with Crippen molar-refractivity contribution >= 4 is 0 Å². The van der Waals surface area contributed by atoms with E-state index in [2.05, 4.69) is 27.1 Å². The Bertz CT molecular complexity index is 736. The molecule has 5 heteroatoms. The maximum absolute atomic E-state index is 5.07.